The summed E-state index contributed by atoms with van der Waals surface area (Å²) in [4.78, 5) is 23.9. The summed E-state index contributed by atoms with van der Waals surface area (Å²) >= 11 is 12.6. The van der Waals surface area contributed by atoms with Gasteiger partial charge in [-0.3, -0.25) is 4.79 Å². The molecule has 1 atom stereocenters. The zero-order valence-corrected chi connectivity index (χ0v) is 15.0. The highest BCUT2D eigenvalue weighted by Gasteiger charge is 2.46. The molecule has 1 N–H and O–H groups in total. The van der Waals surface area contributed by atoms with E-state index in [1.165, 1.54) is 12.8 Å². The lowest BCUT2D eigenvalue weighted by atomic mass is 9.64. The number of carboxylic acids is 1. The van der Waals surface area contributed by atoms with Gasteiger partial charge in [0.25, 0.3) is 0 Å². The fourth-order valence-corrected chi connectivity index (χ4v) is 4.59. The highest BCUT2D eigenvalue weighted by Crippen LogP contribution is 2.50. The molecule has 1 saturated carbocycles. The molecule has 6 heteroatoms. The fourth-order valence-electron chi connectivity index (χ4n) is 4.09. The van der Waals surface area contributed by atoms with Gasteiger partial charge < -0.3 is 9.84 Å². The Balaban J connectivity index is 1.97. The Kier molecular flexibility index (Phi) is 4.80. The molecule has 24 heavy (non-hydrogen) atoms. The first kappa shape index (κ1) is 17.6. The number of ether oxygens (including phenoxy) is 1. The van der Waals surface area contributed by atoms with E-state index in [1.54, 1.807) is 6.07 Å². The largest absolute Gasteiger partial charge is 0.480 e. The van der Waals surface area contributed by atoms with Crippen LogP contribution in [0.25, 0.3) is 0 Å². The monoisotopic (exact) mass is 370 g/mol. The quantitative estimate of drug-likeness (QED) is 0.827. The van der Waals surface area contributed by atoms with Crippen molar-refractivity contribution >= 4 is 35.0 Å². The molecule has 2 aliphatic rings. The van der Waals surface area contributed by atoms with Crippen LogP contribution < -0.4 is 4.74 Å². The first-order chi connectivity index (χ1) is 11.3. The number of fused-ring (bicyclic) bond motifs is 1. The molecule has 0 saturated heterocycles. The number of aryl methyl sites for hydroxylation is 1. The van der Waals surface area contributed by atoms with Crippen molar-refractivity contribution < 1.29 is 19.4 Å². The van der Waals surface area contributed by atoms with Crippen LogP contribution in [0.15, 0.2) is 6.07 Å². The number of carbonyl (C=O) groups excluding carboxylic acids is 1. The van der Waals surface area contributed by atoms with Gasteiger partial charge in [0, 0.05) is 11.0 Å². The molecule has 3 rings (SSSR count). The van der Waals surface area contributed by atoms with Gasteiger partial charge in [0.1, 0.15) is 10.8 Å². The SMILES string of the molecule is CC1(C2CCCC2)CCc2cc(OCC(=O)O)c(Cl)c(Cl)c2C1=O. The summed E-state index contributed by atoms with van der Waals surface area (Å²) < 4.78 is 5.20. The number of halogens is 2. The number of Topliss-reactive ketones (excluding diaryl/α,β-unsaturated/α-hetero) is 1. The molecule has 1 aromatic rings. The topological polar surface area (TPSA) is 63.6 Å². The molecule has 0 aromatic heterocycles. The van der Waals surface area contributed by atoms with E-state index in [1.807, 2.05) is 6.92 Å². The summed E-state index contributed by atoms with van der Waals surface area (Å²) in [5.74, 6) is -0.409. The number of rotatable bonds is 4. The highest BCUT2D eigenvalue weighted by atomic mass is 35.5. The smallest absolute Gasteiger partial charge is 0.341 e. The minimum Gasteiger partial charge on any atom is -0.480 e. The number of carbonyl (C=O) groups is 2. The summed E-state index contributed by atoms with van der Waals surface area (Å²) in [6.07, 6.45) is 6.02. The maximum absolute atomic E-state index is 13.2. The van der Waals surface area contributed by atoms with Crippen LogP contribution in [-0.2, 0) is 11.2 Å². The molecule has 4 nitrogen and oxygen atoms in total. The molecule has 0 aliphatic heterocycles. The first-order valence-electron chi connectivity index (χ1n) is 8.25. The van der Waals surface area contributed by atoms with Crippen molar-refractivity contribution in [2.45, 2.75) is 45.4 Å². The van der Waals surface area contributed by atoms with Gasteiger partial charge in [-0.1, -0.05) is 43.0 Å². The van der Waals surface area contributed by atoms with Crippen molar-refractivity contribution in [1.82, 2.24) is 0 Å². The molecule has 0 amide bonds. The number of aliphatic carboxylic acids is 1. The van der Waals surface area contributed by atoms with Crippen molar-refractivity contribution in [3.05, 3.63) is 27.2 Å². The lowest BCUT2D eigenvalue weighted by Crippen LogP contribution is -2.39. The average molecular weight is 371 g/mol. The van der Waals surface area contributed by atoms with E-state index in [-0.39, 0.29) is 27.0 Å². The molecule has 2 aliphatic carbocycles. The van der Waals surface area contributed by atoms with E-state index < -0.39 is 12.6 Å². The van der Waals surface area contributed by atoms with Crippen molar-refractivity contribution in [2.24, 2.45) is 11.3 Å². The van der Waals surface area contributed by atoms with Crippen LogP contribution in [-0.4, -0.2) is 23.5 Å². The molecule has 1 unspecified atom stereocenters. The van der Waals surface area contributed by atoms with E-state index in [0.29, 0.717) is 17.9 Å². The van der Waals surface area contributed by atoms with Gasteiger partial charge in [-0.15, -0.1) is 0 Å². The Bertz CT molecular complexity index is 695. The number of benzene rings is 1. The molecular formula is C18H20Cl2O4. The van der Waals surface area contributed by atoms with Crippen molar-refractivity contribution in [2.75, 3.05) is 6.61 Å². The molecule has 130 valence electrons. The zero-order valence-electron chi connectivity index (χ0n) is 13.5. The second kappa shape index (κ2) is 6.57. The lowest BCUT2D eigenvalue weighted by molar-refractivity contribution is -0.139. The Morgan fingerprint density at radius 1 is 1.33 bits per heavy atom. The Hall–Kier alpha value is -1.26. The van der Waals surface area contributed by atoms with E-state index in [2.05, 4.69) is 0 Å². The van der Waals surface area contributed by atoms with E-state index in [9.17, 15) is 9.59 Å². The van der Waals surface area contributed by atoms with Crippen LogP contribution >= 0.6 is 23.2 Å². The minimum atomic E-state index is -1.09. The van der Waals surface area contributed by atoms with Crippen molar-refractivity contribution in [1.29, 1.82) is 0 Å². The Morgan fingerprint density at radius 3 is 2.62 bits per heavy atom. The first-order valence-corrected chi connectivity index (χ1v) is 9.00. The Labute approximate surface area is 151 Å². The molecular weight excluding hydrogens is 351 g/mol. The summed E-state index contributed by atoms with van der Waals surface area (Å²) in [6, 6.07) is 1.67. The third kappa shape index (κ3) is 2.91. The molecule has 0 bridgehead atoms. The molecule has 1 fully saturated rings. The van der Waals surface area contributed by atoms with Crippen LogP contribution in [0.5, 0.6) is 5.75 Å². The van der Waals surface area contributed by atoms with Gasteiger partial charge in [-0.25, -0.2) is 4.79 Å². The predicted molar refractivity (Wildman–Crippen MR) is 92.3 cm³/mol. The van der Waals surface area contributed by atoms with E-state index in [4.69, 9.17) is 33.0 Å². The van der Waals surface area contributed by atoms with Gasteiger partial charge in [0.15, 0.2) is 12.4 Å². The maximum atomic E-state index is 13.2. The second-order valence-electron chi connectivity index (χ2n) is 6.95. The average Bonchev–Trinajstić information content (AvgIpc) is 3.08. The van der Waals surface area contributed by atoms with Crippen molar-refractivity contribution in [3.8, 4) is 5.75 Å². The van der Waals surface area contributed by atoms with Crippen LogP contribution in [0.2, 0.25) is 10.0 Å². The molecule has 1 aromatic carbocycles. The Morgan fingerprint density at radius 2 is 2.00 bits per heavy atom. The fraction of sp³-hybridized carbons (Fsp3) is 0.556. The van der Waals surface area contributed by atoms with Gasteiger partial charge >= 0.3 is 5.97 Å². The predicted octanol–water partition coefficient (Wildman–Crippen LogP) is 4.78. The number of hydrogen-bond acceptors (Lipinski definition) is 3. The van der Waals surface area contributed by atoms with Crippen LogP contribution in [0.4, 0.5) is 0 Å². The van der Waals surface area contributed by atoms with Crippen molar-refractivity contribution in [3.63, 3.8) is 0 Å². The van der Waals surface area contributed by atoms with Gasteiger partial charge in [0.2, 0.25) is 0 Å². The standard InChI is InChI=1S/C18H20Cl2O4/c1-18(11-4-2-3-5-11)7-6-10-8-12(24-9-13(21)22)15(19)16(20)14(10)17(18)23/h8,11H,2-7,9H2,1H3,(H,21,22). The second-order valence-corrected chi connectivity index (χ2v) is 7.70. The van der Waals surface area contributed by atoms with Gasteiger partial charge in [-0.05, 0) is 43.2 Å². The van der Waals surface area contributed by atoms with Crippen LogP contribution in [0.3, 0.4) is 0 Å². The summed E-state index contributed by atoms with van der Waals surface area (Å²) in [5, 5.41) is 9.05. The number of hydrogen-bond donors (Lipinski definition) is 1. The summed E-state index contributed by atoms with van der Waals surface area (Å²) in [6.45, 7) is 1.55. The minimum absolute atomic E-state index is 0.0623. The van der Waals surface area contributed by atoms with Gasteiger partial charge in [-0.2, -0.15) is 0 Å². The maximum Gasteiger partial charge on any atom is 0.341 e. The van der Waals surface area contributed by atoms with E-state index >= 15 is 0 Å². The van der Waals surface area contributed by atoms with Gasteiger partial charge in [0.05, 0.1) is 5.02 Å². The normalized spacial score (nSPS) is 24.0. The molecule has 0 spiro atoms. The molecule has 0 radical (unpaired) electrons. The number of ketones is 1. The lowest BCUT2D eigenvalue weighted by Gasteiger charge is -2.39. The van der Waals surface area contributed by atoms with Crippen LogP contribution in [0, 0.1) is 11.3 Å². The van der Waals surface area contributed by atoms with E-state index in [0.717, 1.165) is 24.8 Å². The molecule has 0 heterocycles. The summed E-state index contributed by atoms with van der Waals surface area (Å²) in [7, 11) is 0. The summed E-state index contributed by atoms with van der Waals surface area (Å²) in [5.41, 5.74) is 0.898. The third-order valence-electron chi connectivity index (χ3n) is 5.52. The zero-order chi connectivity index (χ0) is 17.5. The highest BCUT2D eigenvalue weighted by molar-refractivity contribution is 6.45. The number of carboxylic acid groups (broad SMARTS) is 1. The third-order valence-corrected chi connectivity index (χ3v) is 6.37. The van der Waals surface area contributed by atoms with Crippen LogP contribution in [0.1, 0.15) is 54.9 Å².